The molecule has 0 fully saturated rings. The molecule has 3 heteroatoms. The van der Waals surface area contributed by atoms with E-state index in [9.17, 15) is 9.90 Å². The quantitative estimate of drug-likeness (QED) is 0.838. The number of allylic oxidation sites excluding steroid dienone is 1. The molecule has 0 heterocycles. The van der Waals surface area contributed by atoms with Gasteiger partial charge in [-0.25, -0.2) is 0 Å². The van der Waals surface area contributed by atoms with Gasteiger partial charge in [0, 0.05) is 5.69 Å². The fourth-order valence-electron chi connectivity index (χ4n) is 2.50. The van der Waals surface area contributed by atoms with Gasteiger partial charge in [-0.1, -0.05) is 36.4 Å². The lowest BCUT2D eigenvalue weighted by Crippen LogP contribution is -2.25. The minimum absolute atomic E-state index is 0.0607. The van der Waals surface area contributed by atoms with E-state index in [0.717, 1.165) is 11.3 Å². The largest absolute Gasteiger partial charge is 0.508 e. The van der Waals surface area contributed by atoms with Crippen molar-refractivity contribution in [2.24, 2.45) is 0 Å². The van der Waals surface area contributed by atoms with Crippen molar-refractivity contribution in [1.29, 1.82) is 0 Å². The summed E-state index contributed by atoms with van der Waals surface area (Å²) in [5.74, 6) is 0.158. The molecule has 2 aromatic rings. The summed E-state index contributed by atoms with van der Waals surface area (Å²) in [5, 5.41) is 12.6. The lowest BCUT2D eigenvalue weighted by molar-refractivity contribution is -0.115. The molecule has 100 valence electrons. The van der Waals surface area contributed by atoms with Crippen LogP contribution in [0.2, 0.25) is 0 Å². The average molecular weight is 265 g/mol. The Morgan fingerprint density at radius 1 is 0.950 bits per heavy atom. The van der Waals surface area contributed by atoms with Crippen molar-refractivity contribution in [3.63, 3.8) is 0 Å². The van der Waals surface area contributed by atoms with E-state index in [1.165, 1.54) is 0 Å². The van der Waals surface area contributed by atoms with Crippen LogP contribution < -0.4 is 5.32 Å². The molecule has 20 heavy (non-hydrogen) atoms. The Morgan fingerprint density at radius 2 is 1.65 bits per heavy atom. The van der Waals surface area contributed by atoms with E-state index >= 15 is 0 Å². The van der Waals surface area contributed by atoms with E-state index < -0.39 is 0 Å². The molecule has 3 nitrogen and oxygen atoms in total. The molecule has 1 aliphatic carbocycles. The number of carbonyl (C=O) groups is 1. The minimum Gasteiger partial charge on any atom is -0.508 e. The van der Waals surface area contributed by atoms with Crippen LogP contribution in [-0.4, -0.2) is 16.9 Å². The summed E-state index contributed by atoms with van der Waals surface area (Å²) in [6.45, 7) is 0. The molecule has 2 aromatic carbocycles. The first-order valence-electron chi connectivity index (χ1n) is 6.56. The maximum atomic E-state index is 12.1. The highest BCUT2D eigenvalue weighted by molar-refractivity contribution is 5.99. The predicted octanol–water partition coefficient (Wildman–Crippen LogP) is 3.10. The molecule has 0 bridgehead atoms. The first-order chi connectivity index (χ1) is 9.74. The Balaban J connectivity index is 1.83. The first-order valence-corrected chi connectivity index (χ1v) is 6.56. The van der Waals surface area contributed by atoms with E-state index in [2.05, 4.69) is 5.32 Å². The highest BCUT2D eigenvalue weighted by Gasteiger charge is 2.31. The lowest BCUT2D eigenvalue weighted by atomic mass is 9.92. The van der Waals surface area contributed by atoms with Gasteiger partial charge in [0.2, 0.25) is 0 Å². The standard InChI is InChI=1S/C17H15NO2/c19-14-8-6-13(7-9-14)18-15-10-11-16(20)17(15)12-4-2-1-3-5-12/h1-11,15,17-19H/t15-,17+/m0/s1. The van der Waals surface area contributed by atoms with Crippen LogP contribution in [0.25, 0.3) is 0 Å². The zero-order chi connectivity index (χ0) is 13.9. The second-order valence-electron chi connectivity index (χ2n) is 4.87. The topological polar surface area (TPSA) is 49.3 Å². The summed E-state index contributed by atoms with van der Waals surface area (Å²) >= 11 is 0. The number of carbonyl (C=O) groups excluding carboxylic acids is 1. The summed E-state index contributed by atoms with van der Waals surface area (Å²) < 4.78 is 0. The molecular formula is C17H15NO2. The number of benzene rings is 2. The molecule has 2 N–H and O–H groups in total. The molecule has 0 saturated heterocycles. The van der Waals surface area contributed by atoms with Crippen molar-refractivity contribution in [2.45, 2.75) is 12.0 Å². The van der Waals surface area contributed by atoms with Crippen LogP contribution in [0.3, 0.4) is 0 Å². The van der Waals surface area contributed by atoms with Crippen LogP contribution in [0.4, 0.5) is 5.69 Å². The van der Waals surface area contributed by atoms with Gasteiger partial charge in [-0.2, -0.15) is 0 Å². The highest BCUT2D eigenvalue weighted by atomic mass is 16.3. The number of phenolic OH excluding ortho intramolecular Hbond substituents is 1. The molecule has 0 saturated carbocycles. The summed E-state index contributed by atoms with van der Waals surface area (Å²) in [5.41, 5.74) is 1.90. The lowest BCUT2D eigenvalue weighted by Gasteiger charge is -2.21. The van der Waals surface area contributed by atoms with Crippen molar-refractivity contribution >= 4 is 11.5 Å². The third-order valence-electron chi connectivity index (χ3n) is 3.49. The molecule has 0 aromatic heterocycles. The molecule has 3 rings (SSSR count). The Morgan fingerprint density at radius 3 is 2.35 bits per heavy atom. The van der Waals surface area contributed by atoms with Crippen LogP contribution in [0, 0.1) is 0 Å². The van der Waals surface area contributed by atoms with Gasteiger partial charge in [0.25, 0.3) is 0 Å². The van der Waals surface area contributed by atoms with Crippen molar-refractivity contribution in [2.75, 3.05) is 5.32 Å². The van der Waals surface area contributed by atoms with Crippen LogP contribution in [0.15, 0.2) is 66.7 Å². The second-order valence-corrected chi connectivity index (χ2v) is 4.87. The van der Waals surface area contributed by atoms with Gasteiger partial charge < -0.3 is 10.4 Å². The van der Waals surface area contributed by atoms with Gasteiger partial charge in [-0.15, -0.1) is 0 Å². The van der Waals surface area contributed by atoms with Gasteiger partial charge in [-0.05, 0) is 35.9 Å². The fraction of sp³-hybridized carbons (Fsp3) is 0.118. The number of nitrogens with one attached hydrogen (secondary N) is 1. The van der Waals surface area contributed by atoms with E-state index in [4.69, 9.17) is 0 Å². The van der Waals surface area contributed by atoms with Gasteiger partial charge in [0.15, 0.2) is 5.78 Å². The monoisotopic (exact) mass is 265 g/mol. The maximum Gasteiger partial charge on any atom is 0.165 e. The molecule has 0 aliphatic heterocycles. The van der Waals surface area contributed by atoms with Gasteiger partial charge in [0.05, 0.1) is 12.0 Å². The van der Waals surface area contributed by atoms with Crippen LogP contribution in [0.1, 0.15) is 11.5 Å². The van der Waals surface area contributed by atoms with Gasteiger partial charge in [0.1, 0.15) is 5.75 Å². The smallest absolute Gasteiger partial charge is 0.165 e. The average Bonchev–Trinajstić information content (AvgIpc) is 2.83. The number of aromatic hydroxyl groups is 1. The first kappa shape index (κ1) is 12.5. The Bertz CT molecular complexity index is 632. The third-order valence-corrected chi connectivity index (χ3v) is 3.49. The zero-order valence-electron chi connectivity index (χ0n) is 10.9. The van der Waals surface area contributed by atoms with E-state index in [1.807, 2.05) is 36.4 Å². The van der Waals surface area contributed by atoms with E-state index in [1.54, 1.807) is 30.3 Å². The molecular weight excluding hydrogens is 250 g/mol. The molecule has 0 unspecified atom stereocenters. The fourth-order valence-corrected chi connectivity index (χ4v) is 2.50. The van der Waals surface area contributed by atoms with Gasteiger partial charge >= 0.3 is 0 Å². The summed E-state index contributed by atoms with van der Waals surface area (Å²) in [6, 6.07) is 16.6. The molecule has 2 atom stereocenters. The van der Waals surface area contributed by atoms with Crippen LogP contribution >= 0.6 is 0 Å². The number of hydrogen-bond donors (Lipinski definition) is 2. The Kier molecular flexibility index (Phi) is 3.25. The predicted molar refractivity (Wildman–Crippen MR) is 78.8 cm³/mol. The van der Waals surface area contributed by atoms with E-state index in [-0.39, 0.29) is 23.5 Å². The van der Waals surface area contributed by atoms with Gasteiger partial charge in [-0.3, -0.25) is 4.79 Å². The Labute approximate surface area is 117 Å². The zero-order valence-corrected chi connectivity index (χ0v) is 10.9. The number of phenols is 1. The molecule has 0 amide bonds. The normalized spacial score (nSPS) is 21.1. The van der Waals surface area contributed by atoms with Crippen molar-refractivity contribution < 1.29 is 9.90 Å². The van der Waals surface area contributed by atoms with Crippen LogP contribution in [0.5, 0.6) is 5.75 Å². The number of ketones is 1. The van der Waals surface area contributed by atoms with Crippen LogP contribution in [-0.2, 0) is 4.79 Å². The third kappa shape index (κ3) is 2.43. The number of anilines is 1. The van der Waals surface area contributed by atoms with Crippen molar-refractivity contribution in [1.82, 2.24) is 0 Å². The molecule has 1 aliphatic rings. The van der Waals surface area contributed by atoms with Crippen molar-refractivity contribution in [3.05, 3.63) is 72.3 Å². The minimum atomic E-state index is -0.190. The SMILES string of the molecule is O=C1C=C[C@H](Nc2ccc(O)cc2)[C@H]1c1ccccc1. The Hall–Kier alpha value is -2.55. The number of rotatable bonds is 3. The highest BCUT2D eigenvalue weighted by Crippen LogP contribution is 2.29. The van der Waals surface area contributed by atoms with E-state index in [0.29, 0.717) is 0 Å². The molecule has 0 spiro atoms. The summed E-state index contributed by atoms with van der Waals surface area (Å²) in [6.07, 6.45) is 3.53. The summed E-state index contributed by atoms with van der Waals surface area (Å²) in [7, 11) is 0. The molecule has 0 radical (unpaired) electrons. The maximum absolute atomic E-state index is 12.1. The summed E-state index contributed by atoms with van der Waals surface area (Å²) in [4.78, 5) is 12.1. The van der Waals surface area contributed by atoms with Crippen molar-refractivity contribution in [3.8, 4) is 5.75 Å². The number of hydrogen-bond acceptors (Lipinski definition) is 3. The second kappa shape index (κ2) is 5.21.